The van der Waals surface area contributed by atoms with E-state index in [2.05, 4.69) is 39.3 Å². The molecule has 0 bridgehead atoms. The van der Waals surface area contributed by atoms with Crippen LogP contribution in [-0.2, 0) is 11.3 Å². The predicted octanol–water partition coefficient (Wildman–Crippen LogP) is 0.937. The van der Waals surface area contributed by atoms with Gasteiger partial charge in [0.25, 0.3) is 0 Å². The molecule has 1 aliphatic heterocycles. The van der Waals surface area contributed by atoms with Crippen LogP contribution in [0.2, 0.25) is 0 Å². The fourth-order valence-corrected chi connectivity index (χ4v) is 2.45. The Morgan fingerprint density at radius 2 is 2.14 bits per heavy atom. The molecule has 2 N–H and O–H groups in total. The van der Waals surface area contributed by atoms with Gasteiger partial charge in [0.2, 0.25) is 11.9 Å². The molecule has 1 fully saturated rings. The van der Waals surface area contributed by atoms with Crippen molar-refractivity contribution in [1.29, 1.82) is 0 Å². The number of carbonyl (C=O) groups excluding carboxylic acids is 1. The number of nitrogens with zero attached hydrogens (tertiary/aromatic N) is 3. The van der Waals surface area contributed by atoms with Crippen molar-refractivity contribution in [3.63, 3.8) is 0 Å². The molecule has 1 atom stereocenters. The van der Waals surface area contributed by atoms with Crippen LogP contribution in [0.15, 0.2) is 12.4 Å². The summed E-state index contributed by atoms with van der Waals surface area (Å²) in [6.07, 6.45) is 4.70. The van der Waals surface area contributed by atoms with Crippen molar-refractivity contribution in [2.45, 2.75) is 39.8 Å². The molecule has 0 spiro atoms. The quantitative estimate of drug-likeness (QED) is 0.816. The number of anilines is 1. The van der Waals surface area contributed by atoms with Crippen molar-refractivity contribution in [3.05, 3.63) is 18.0 Å². The zero-order valence-corrected chi connectivity index (χ0v) is 13.1. The van der Waals surface area contributed by atoms with Gasteiger partial charge >= 0.3 is 0 Å². The van der Waals surface area contributed by atoms with E-state index in [1.165, 1.54) is 0 Å². The second-order valence-electron chi connectivity index (χ2n) is 6.05. The first-order valence-electron chi connectivity index (χ1n) is 7.58. The molecule has 1 amide bonds. The highest BCUT2D eigenvalue weighted by Gasteiger charge is 2.24. The molecule has 21 heavy (non-hydrogen) atoms. The number of rotatable bonds is 6. The summed E-state index contributed by atoms with van der Waals surface area (Å²) < 4.78 is 0. The van der Waals surface area contributed by atoms with Gasteiger partial charge in [-0.3, -0.25) is 4.79 Å². The minimum Gasteiger partial charge on any atom is -0.352 e. The van der Waals surface area contributed by atoms with Gasteiger partial charge in [0.1, 0.15) is 0 Å². The molecule has 1 unspecified atom stereocenters. The molecule has 116 valence electrons. The van der Waals surface area contributed by atoms with E-state index in [4.69, 9.17) is 0 Å². The number of hydrogen-bond donors (Lipinski definition) is 2. The first-order chi connectivity index (χ1) is 10.0. The Bertz CT molecular complexity index is 460. The molecule has 1 aromatic heterocycles. The monoisotopic (exact) mass is 291 g/mol. The van der Waals surface area contributed by atoms with Gasteiger partial charge in [-0.1, -0.05) is 13.8 Å². The number of amides is 1. The minimum atomic E-state index is 0.0225. The summed E-state index contributed by atoms with van der Waals surface area (Å²) in [7, 11) is 0. The lowest BCUT2D eigenvalue weighted by Gasteiger charge is -2.16. The molecule has 2 rings (SSSR count). The Hall–Kier alpha value is -1.69. The van der Waals surface area contributed by atoms with E-state index in [1.54, 1.807) is 6.92 Å². The van der Waals surface area contributed by atoms with Crippen molar-refractivity contribution >= 4 is 11.9 Å². The van der Waals surface area contributed by atoms with Crippen LogP contribution in [0.25, 0.3) is 0 Å². The highest BCUT2D eigenvalue weighted by atomic mass is 16.1. The number of nitrogens with one attached hydrogen (secondary N) is 2. The summed E-state index contributed by atoms with van der Waals surface area (Å²) in [5.74, 6) is 1.41. The van der Waals surface area contributed by atoms with Gasteiger partial charge in [-0.15, -0.1) is 0 Å². The van der Waals surface area contributed by atoms with Gasteiger partial charge in [0.05, 0.1) is 0 Å². The van der Waals surface area contributed by atoms with Crippen molar-refractivity contribution in [2.75, 3.05) is 24.5 Å². The number of aromatic nitrogens is 2. The highest BCUT2D eigenvalue weighted by Crippen LogP contribution is 2.15. The van der Waals surface area contributed by atoms with Crippen LogP contribution in [0.3, 0.4) is 0 Å². The van der Waals surface area contributed by atoms with Gasteiger partial charge in [-0.25, -0.2) is 9.97 Å². The molecule has 0 radical (unpaired) electrons. The Labute approximate surface area is 126 Å². The van der Waals surface area contributed by atoms with Crippen LogP contribution < -0.4 is 15.5 Å². The average molecular weight is 291 g/mol. The maximum Gasteiger partial charge on any atom is 0.225 e. The molecular weight excluding hydrogens is 266 g/mol. The zero-order valence-electron chi connectivity index (χ0n) is 13.1. The van der Waals surface area contributed by atoms with Crippen LogP contribution in [0.4, 0.5) is 5.95 Å². The Balaban J connectivity index is 1.83. The molecular formula is C15H25N5O. The Morgan fingerprint density at radius 1 is 1.43 bits per heavy atom. The molecule has 1 aliphatic rings. The molecule has 1 aromatic rings. The van der Waals surface area contributed by atoms with Gasteiger partial charge in [0, 0.05) is 50.6 Å². The van der Waals surface area contributed by atoms with E-state index in [1.807, 2.05) is 12.4 Å². The van der Waals surface area contributed by atoms with Crippen LogP contribution in [0.5, 0.6) is 0 Å². The van der Waals surface area contributed by atoms with Crippen molar-refractivity contribution < 1.29 is 4.79 Å². The third kappa shape index (κ3) is 4.97. The smallest absolute Gasteiger partial charge is 0.225 e. The lowest BCUT2D eigenvalue weighted by Crippen LogP contribution is -2.35. The third-order valence-corrected chi connectivity index (χ3v) is 3.45. The predicted molar refractivity (Wildman–Crippen MR) is 83.0 cm³/mol. The first kappa shape index (κ1) is 15.7. The van der Waals surface area contributed by atoms with Crippen LogP contribution in [0, 0.1) is 5.92 Å². The molecule has 0 aliphatic carbocycles. The minimum absolute atomic E-state index is 0.0225. The van der Waals surface area contributed by atoms with Crippen molar-refractivity contribution in [3.8, 4) is 0 Å². The maximum atomic E-state index is 11.1. The van der Waals surface area contributed by atoms with E-state index < -0.39 is 0 Å². The third-order valence-electron chi connectivity index (χ3n) is 3.45. The fraction of sp³-hybridized carbons (Fsp3) is 0.667. The van der Waals surface area contributed by atoms with Crippen LogP contribution in [-0.4, -0.2) is 41.6 Å². The Kier molecular flexibility index (Phi) is 5.50. The van der Waals surface area contributed by atoms with Gasteiger partial charge in [-0.05, 0) is 18.9 Å². The standard InChI is InChI=1S/C15H25N5O/c1-11(2)6-16-7-13-8-17-15(18-9-13)20-5-4-14(10-20)19-12(3)21/h8-9,11,14,16H,4-7,10H2,1-3H3,(H,19,21). The SMILES string of the molecule is CC(=O)NC1CCN(c2ncc(CNCC(C)C)cn2)C1. The number of carbonyl (C=O) groups is 1. The summed E-state index contributed by atoms with van der Waals surface area (Å²) in [6.45, 7) is 9.38. The summed E-state index contributed by atoms with van der Waals surface area (Å²) in [4.78, 5) is 22.1. The zero-order chi connectivity index (χ0) is 15.2. The van der Waals surface area contributed by atoms with Crippen LogP contribution in [0.1, 0.15) is 32.8 Å². The van der Waals surface area contributed by atoms with Crippen LogP contribution >= 0.6 is 0 Å². The van der Waals surface area contributed by atoms with E-state index in [0.717, 1.165) is 44.1 Å². The van der Waals surface area contributed by atoms with E-state index in [0.29, 0.717) is 5.92 Å². The lowest BCUT2D eigenvalue weighted by atomic mass is 10.2. The fourth-order valence-electron chi connectivity index (χ4n) is 2.45. The summed E-state index contributed by atoms with van der Waals surface area (Å²) in [6, 6.07) is 0.207. The second-order valence-corrected chi connectivity index (χ2v) is 6.05. The van der Waals surface area contributed by atoms with Gasteiger partial charge in [0.15, 0.2) is 0 Å². The van der Waals surface area contributed by atoms with E-state index >= 15 is 0 Å². The van der Waals surface area contributed by atoms with E-state index in [9.17, 15) is 4.79 Å². The second kappa shape index (κ2) is 7.36. The molecule has 0 aromatic carbocycles. The highest BCUT2D eigenvalue weighted by molar-refractivity contribution is 5.73. The van der Waals surface area contributed by atoms with Gasteiger partial charge in [-0.2, -0.15) is 0 Å². The normalized spacial score (nSPS) is 18.3. The average Bonchev–Trinajstić information content (AvgIpc) is 2.87. The Morgan fingerprint density at radius 3 is 2.76 bits per heavy atom. The van der Waals surface area contributed by atoms with Crippen molar-refractivity contribution in [1.82, 2.24) is 20.6 Å². The molecule has 6 nitrogen and oxygen atoms in total. The largest absolute Gasteiger partial charge is 0.352 e. The molecule has 1 saturated heterocycles. The topological polar surface area (TPSA) is 70.2 Å². The molecule has 0 saturated carbocycles. The van der Waals surface area contributed by atoms with Crippen molar-refractivity contribution in [2.24, 2.45) is 5.92 Å². The first-order valence-corrected chi connectivity index (χ1v) is 7.58. The maximum absolute atomic E-state index is 11.1. The summed E-state index contributed by atoms with van der Waals surface area (Å²) in [5.41, 5.74) is 1.09. The summed E-state index contributed by atoms with van der Waals surface area (Å²) in [5, 5.41) is 6.32. The molecule has 6 heteroatoms. The van der Waals surface area contributed by atoms with Gasteiger partial charge < -0.3 is 15.5 Å². The lowest BCUT2D eigenvalue weighted by molar-refractivity contribution is -0.119. The van der Waals surface area contributed by atoms with E-state index in [-0.39, 0.29) is 11.9 Å². The molecule has 2 heterocycles. The number of hydrogen-bond acceptors (Lipinski definition) is 5. The summed E-state index contributed by atoms with van der Waals surface area (Å²) >= 11 is 0.